The molecule has 124 valence electrons. The molecule has 2 aliphatic rings. The Morgan fingerprint density at radius 2 is 1.86 bits per heavy atom. The van der Waals surface area contributed by atoms with Gasteiger partial charge in [-0.05, 0) is 68.9 Å². The van der Waals surface area contributed by atoms with Crippen LogP contribution < -0.4 is 5.32 Å². The van der Waals surface area contributed by atoms with E-state index in [1.165, 1.54) is 51.7 Å². The highest BCUT2D eigenvalue weighted by molar-refractivity contribution is 4.94. The van der Waals surface area contributed by atoms with Crippen LogP contribution in [0.4, 0.5) is 0 Å². The van der Waals surface area contributed by atoms with Gasteiger partial charge in [-0.3, -0.25) is 4.90 Å². The van der Waals surface area contributed by atoms with Gasteiger partial charge in [0.15, 0.2) is 0 Å². The Kier molecular flexibility index (Phi) is 6.55. The number of likely N-dealkylation sites (tertiary alicyclic amines) is 1. The van der Waals surface area contributed by atoms with Crippen molar-refractivity contribution in [2.45, 2.75) is 78.8 Å². The van der Waals surface area contributed by atoms with E-state index in [1.54, 1.807) is 0 Å². The van der Waals surface area contributed by atoms with Crippen LogP contribution in [0, 0.1) is 23.7 Å². The van der Waals surface area contributed by atoms with Crippen molar-refractivity contribution in [2.24, 2.45) is 23.7 Å². The van der Waals surface area contributed by atoms with Gasteiger partial charge in [0.25, 0.3) is 0 Å². The molecule has 1 heterocycles. The van der Waals surface area contributed by atoms with Crippen molar-refractivity contribution < 1.29 is 0 Å². The van der Waals surface area contributed by atoms with Crippen LogP contribution in [0.5, 0.6) is 0 Å². The first-order valence-corrected chi connectivity index (χ1v) is 9.50. The lowest BCUT2D eigenvalue weighted by Gasteiger charge is -2.47. The Bertz CT molecular complexity index is 302. The molecule has 2 heteroatoms. The zero-order valence-electron chi connectivity index (χ0n) is 15.1. The van der Waals surface area contributed by atoms with E-state index < -0.39 is 0 Å². The summed E-state index contributed by atoms with van der Waals surface area (Å²) in [5.74, 6) is 3.56. The minimum absolute atomic E-state index is 0.737. The van der Waals surface area contributed by atoms with E-state index in [-0.39, 0.29) is 0 Å². The van der Waals surface area contributed by atoms with E-state index in [2.05, 4.69) is 44.8 Å². The standard InChI is InChI=1S/C19H38N2/c1-6-10-20-18-8-7-17(14(2)3)12-19(18)21-11-9-15(4)16(5)13-21/h14-20H,6-13H2,1-5H3. The second-order valence-corrected chi connectivity index (χ2v) is 8.18. The molecule has 0 radical (unpaired) electrons. The highest BCUT2D eigenvalue weighted by atomic mass is 15.2. The quantitative estimate of drug-likeness (QED) is 0.819. The molecule has 1 N–H and O–H groups in total. The van der Waals surface area contributed by atoms with Crippen molar-refractivity contribution in [2.75, 3.05) is 19.6 Å². The lowest BCUT2D eigenvalue weighted by atomic mass is 9.75. The molecule has 2 fully saturated rings. The zero-order chi connectivity index (χ0) is 15.4. The van der Waals surface area contributed by atoms with Crippen LogP contribution in [0.15, 0.2) is 0 Å². The molecule has 2 nitrogen and oxygen atoms in total. The Morgan fingerprint density at radius 1 is 1.10 bits per heavy atom. The SMILES string of the molecule is CCCNC1CCC(C(C)C)CC1N1CCC(C)C(C)C1. The Hall–Kier alpha value is -0.0800. The first kappa shape index (κ1) is 17.3. The molecule has 0 spiro atoms. The fraction of sp³-hybridized carbons (Fsp3) is 1.00. The molecule has 1 aliphatic heterocycles. The van der Waals surface area contributed by atoms with E-state index in [1.807, 2.05) is 0 Å². The van der Waals surface area contributed by atoms with E-state index in [0.29, 0.717) is 0 Å². The smallest absolute Gasteiger partial charge is 0.0252 e. The first-order chi connectivity index (χ1) is 10.0. The summed E-state index contributed by atoms with van der Waals surface area (Å²) in [4.78, 5) is 2.84. The van der Waals surface area contributed by atoms with Crippen molar-refractivity contribution in [1.82, 2.24) is 10.2 Å². The average molecular weight is 295 g/mol. The fourth-order valence-electron chi connectivity index (χ4n) is 4.35. The molecule has 2 rings (SSSR count). The second kappa shape index (κ2) is 7.97. The molecule has 0 amide bonds. The monoisotopic (exact) mass is 294 g/mol. The lowest BCUT2D eigenvalue weighted by molar-refractivity contribution is 0.0364. The van der Waals surface area contributed by atoms with Gasteiger partial charge in [-0.25, -0.2) is 0 Å². The molecule has 21 heavy (non-hydrogen) atoms. The van der Waals surface area contributed by atoms with Gasteiger partial charge in [0.2, 0.25) is 0 Å². The van der Waals surface area contributed by atoms with Gasteiger partial charge in [0.1, 0.15) is 0 Å². The van der Waals surface area contributed by atoms with E-state index >= 15 is 0 Å². The number of nitrogens with one attached hydrogen (secondary N) is 1. The summed E-state index contributed by atoms with van der Waals surface area (Å²) < 4.78 is 0. The maximum absolute atomic E-state index is 3.86. The van der Waals surface area contributed by atoms with Crippen LogP contribution in [0.2, 0.25) is 0 Å². The van der Waals surface area contributed by atoms with Gasteiger partial charge in [0.05, 0.1) is 0 Å². The van der Waals surface area contributed by atoms with Gasteiger partial charge in [-0.15, -0.1) is 0 Å². The van der Waals surface area contributed by atoms with Crippen molar-refractivity contribution in [3.05, 3.63) is 0 Å². The number of nitrogens with zero attached hydrogens (tertiary/aromatic N) is 1. The fourth-order valence-corrected chi connectivity index (χ4v) is 4.35. The largest absolute Gasteiger partial charge is 0.312 e. The topological polar surface area (TPSA) is 15.3 Å². The Balaban J connectivity index is 2.01. The third-order valence-corrected chi connectivity index (χ3v) is 6.29. The van der Waals surface area contributed by atoms with Crippen molar-refractivity contribution in [1.29, 1.82) is 0 Å². The molecule has 1 saturated heterocycles. The number of hydrogen-bond acceptors (Lipinski definition) is 2. The molecule has 0 bridgehead atoms. The normalized spacial score (nSPS) is 38.9. The molecule has 5 atom stereocenters. The summed E-state index contributed by atoms with van der Waals surface area (Å²) in [5.41, 5.74) is 0. The summed E-state index contributed by atoms with van der Waals surface area (Å²) in [6.07, 6.45) is 6.87. The van der Waals surface area contributed by atoms with Crippen LogP contribution in [0.25, 0.3) is 0 Å². The van der Waals surface area contributed by atoms with Crippen molar-refractivity contribution in [3.8, 4) is 0 Å². The molecule has 5 unspecified atom stereocenters. The maximum atomic E-state index is 3.86. The third kappa shape index (κ3) is 4.45. The highest BCUT2D eigenvalue weighted by Crippen LogP contribution is 2.35. The van der Waals surface area contributed by atoms with Crippen molar-refractivity contribution >= 4 is 0 Å². The maximum Gasteiger partial charge on any atom is 0.0252 e. The van der Waals surface area contributed by atoms with E-state index in [0.717, 1.165) is 35.8 Å². The minimum atomic E-state index is 0.737. The zero-order valence-corrected chi connectivity index (χ0v) is 15.1. The Morgan fingerprint density at radius 3 is 2.48 bits per heavy atom. The Labute approximate surface area is 133 Å². The third-order valence-electron chi connectivity index (χ3n) is 6.29. The van der Waals surface area contributed by atoms with Crippen LogP contribution in [0.1, 0.15) is 66.7 Å². The second-order valence-electron chi connectivity index (χ2n) is 8.18. The lowest BCUT2D eigenvalue weighted by Crippen LogP contribution is -2.56. The molecule has 0 aromatic heterocycles. The van der Waals surface area contributed by atoms with Crippen molar-refractivity contribution in [3.63, 3.8) is 0 Å². The average Bonchev–Trinajstić information content (AvgIpc) is 2.47. The highest BCUT2D eigenvalue weighted by Gasteiger charge is 2.37. The molecule has 1 saturated carbocycles. The number of piperidine rings is 1. The van der Waals surface area contributed by atoms with Gasteiger partial charge in [-0.2, -0.15) is 0 Å². The molecular formula is C19H38N2. The predicted molar refractivity (Wildman–Crippen MR) is 92.6 cm³/mol. The summed E-state index contributed by atoms with van der Waals surface area (Å²) in [6.45, 7) is 15.8. The summed E-state index contributed by atoms with van der Waals surface area (Å²) >= 11 is 0. The summed E-state index contributed by atoms with van der Waals surface area (Å²) in [5, 5.41) is 3.86. The van der Waals surface area contributed by atoms with E-state index in [9.17, 15) is 0 Å². The van der Waals surface area contributed by atoms with E-state index in [4.69, 9.17) is 0 Å². The van der Waals surface area contributed by atoms with Crippen LogP contribution in [-0.4, -0.2) is 36.6 Å². The van der Waals surface area contributed by atoms with Gasteiger partial charge in [-0.1, -0.05) is 34.6 Å². The van der Waals surface area contributed by atoms with Crippen LogP contribution in [-0.2, 0) is 0 Å². The van der Waals surface area contributed by atoms with Crippen LogP contribution >= 0.6 is 0 Å². The molecule has 0 aromatic carbocycles. The summed E-state index contributed by atoms with van der Waals surface area (Å²) in [7, 11) is 0. The van der Waals surface area contributed by atoms with Gasteiger partial charge >= 0.3 is 0 Å². The minimum Gasteiger partial charge on any atom is -0.312 e. The van der Waals surface area contributed by atoms with Gasteiger partial charge < -0.3 is 5.32 Å². The number of rotatable bonds is 5. The first-order valence-electron chi connectivity index (χ1n) is 9.50. The number of hydrogen-bond donors (Lipinski definition) is 1. The summed E-state index contributed by atoms with van der Waals surface area (Å²) in [6, 6.07) is 1.52. The van der Waals surface area contributed by atoms with Crippen LogP contribution in [0.3, 0.4) is 0 Å². The predicted octanol–water partition coefficient (Wildman–Crippen LogP) is 4.16. The molecular weight excluding hydrogens is 256 g/mol. The molecule has 0 aromatic rings. The van der Waals surface area contributed by atoms with Gasteiger partial charge in [0, 0.05) is 18.6 Å². The molecule has 1 aliphatic carbocycles.